The highest BCUT2D eigenvalue weighted by Gasteiger charge is 2.50. The molecule has 1 aromatic carbocycles. The van der Waals surface area contributed by atoms with E-state index >= 15 is 0 Å². The number of para-hydroxylation sites is 2. The van der Waals surface area contributed by atoms with Gasteiger partial charge in [0, 0.05) is 19.4 Å². The van der Waals surface area contributed by atoms with E-state index in [2.05, 4.69) is 10.3 Å². The van der Waals surface area contributed by atoms with Gasteiger partial charge >= 0.3 is 0 Å². The molecule has 0 unspecified atom stereocenters. The minimum Gasteiger partial charge on any atom is -0.424 e. The molecule has 0 amide bonds. The van der Waals surface area contributed by atoms with Gasteiger partial charge in [0.05, 0.1) is 0 Å². The monoisotopic (exact) mass is 308 g/mol. The predicted octanol–water partition coefficient (Wildman–Crippen LogP) is 5.09. The van der Waals surface area contributed by atoms with Gasteiger partial charge in [0.2, 0.25) is 5.92 Å². The summed E-state index contributed by atoms with van der Waals surface area (Å²) in [6.45, 7) is 6.17. The van der Waals surface area contributed by atoms with E-state index in [0.29, 0.717) is 18.1 Å². The lowest BCUT2D eigenvalue weighted by molar-refractivity contribution is -0.117. The van der Waals surface area contributed by atoms with Gasteiger partial charge in [0.15, 0.2) is 5.58 Å². The van der Waals surface area contributed by atoms with Gasteiger partial charge in [-0.25, -0.2) is 8.78 Å². The van der Waals surface area contributed by atoms with Crippen molar-refractivity contribution in [3.8, 4) is 0 Å². The summed E-state index contributed by atoms with van der Waals surface area (Å²) >= 11 is 0. The van der Waals surface area contributed by atoms with Crippen molar-refractivity contribution in [3.63, 3.8) is 0 Å². The molecule has 1 N–H and O–H groups in total. The smallest absolute Gasteiger partial charge is 0.295 e. The van der Waals surface area contributed by atoms with Crippen LogP contribution in [0.2, 0.25) is 0 Å². The molecule has 1 atom stereocenters. The Balaban J connectivity index is 1.74. The fourth-order valence-electron chi connectivity index (χ4n) is 4.03. The second-order valence-electron chi connectivity index (χ2n) is 7.70. The number of hydrogen-bond donors (Lipinski definition) is 1. The van der Waals surface area contributed by atoms with E-state index in [0.717, 1.165) is 11.9 Å². The van der Waals surface area contributed by atoms with E-state index in [1.54, 1.807) is 0 Å². The molecule has 1 aromatic heterocycles. The Hall–Kier alpha value is -1.65. The molecular weight excluding hydrogens is 286 g/mol. The molecular formula is C17H22F2N2O. The third kappa shape index (κ3) is 3.23. The molecule has 0 saturated heterocycles. The van der Waals surface area contributed by atoms with Crippen LogP contribution in [-0.4, -0.2) is 17.5 Å². The molecule has 0 bridgehead atoms. The van der Waals surface area contributed by atoms with Crippen molar-refractivity contribution in [2.45, 2.75) is 46.0 Å². The highest BCUT2D eigenvalue weighted by molar-refractivity contribution is 5.74. The maximum atomic E-state index is 14.0. The maximum absolute atomic E-state index is 14.0. The average molecular weight is 308 g/mol. The van der Waals surface area contributed by atoms with Crippen LogP contribution in [-0.2, 0) is 0 Å². The minimum atomic E-state index is -2.61. The Kier molecular flexibility index (Phi) is 3.42. The molecule has 5 heteroatoms. The summed E-state index contributed by atoms with van der Waals surface area (Å²) in [5.41, 5.74) is 0.625. The molecule has 3 nitrogen and oxygen atoms in total. The van der Waals surface area contributed by atoms with Crippen LogP contribution in [0.5, 0.6) is 0 Å². The third-order valence-corrected chi connectivity index (χ3v) is 4.29. The SMILES string of the molecule is CC1(C)CC(F)(F)C[C@@](C)(CNc2nc3ccccc3o2)C1. The van der Waals surface area contributed by atoms with Crippen LogP contribution in [0.1, 0.15) is 40.0 Å². The number of nitrogens with one attached hydrogen (secondary N) is 1. The Morgan fingerprint density at radius 3 is 2.55 bits per heavy atom. The van der Waals surface area contributed by atoms with Crippen LogP contribution in [0.25, 0.3) is 11.1 Å². The highest BCUT2D eigenvalue weighted by atomic mass is 19.3. The normalized spacial score (nSPS) is 27.0. The van der Waals surface area contributed by atoms with E-state index in [1.807, 2.05) is 45.0 Å². The molecule has 2 aromatic rings. The number of hydrogen-bond acceptors (Lipinski definition) is 3. The van der Waals surface area contributed by atoms with Crippen molar-refractivity contribution < 1.29 is 13.2 Å². The summed E-state index contributed by atoms with van der Waals surface area (Å²) in [5.74, 6) is -2.61. The first-order valence-corrected chi connectivity index (χ1v) is 7.64. The molecule has 0 aliphatic heterocycles. The van der Waals surface area contributed by atoms with Crippen molar-refractivity contribution in [2.24, 2.45) is 10.8 Å². The van der Waals surface area contributed by atoms with Crippen LogP contribution in [0.15, 0.2) is 28.7 Å². The number of anilines is 1. The number of nitrogens with zero attached hydrogens (tertiary/aromatic N) is 1. The van der Waals surface area contributed by atoms with Gasteiger partial charge in [-0.15, -0.1) is 0 Å². The second kappa shape index (κ2) is 4.93. The average Bonchev–Trinajstić information content (AvgIpc) is 2.74. The Bertz CT molecular complexity index is 629. The number of rotatable bonds is 3. The number of fused-ring (bicyclic) bond motifs is 1. The number of benzene rings is 1. The quantitative estimate of drug-likeness (QED) is 0.858. The van der Waals surface area contributed by atoms with E-state index in [4.69, 9.17) is 4.42 Å². The molecule has 3 rings (SSSR count). The Labute approximate surface area is 129 Å². The first kappa shape index (κ1) is 15.3. The highest BCUT2D eigenvalue weighted by Crippen LogP contribution is 2.52. The first-order valence-electron chi connectivity index (χ1n) is 7.64. The summed E-state index contributed by atoms with van der Waals surface area (Å²) in [6.07, 6.45) is 0.609. The fourth-order valence-corrected chi connectivity index (χ4v) is 4.03. The largest absolute Gasteiger partial charge is 0.424 e. The van der Waals surface area contributed by atoms with Gasteiger partial charge in [-0.05, 0) is 29.4 Å². The zero-order valence-corrected chi connectivity index (χ0v) is 13.2. The molecule has 1 fully saturated rings. The predicted molar refractivity (Wildman–Crippen MR) is 83.2 cm³/mol. The van der Waals surface area contributed by atoms with Crippen molar-refractivity contribution >= 4 is 17.1 Å². The van der Waals surface area contributed by atoms with E-state index in [9.17, 15) is 8.78 Å². The lowest BCUT2D eigenvalue weighted by Crippen LogP contribution is -2.45. The van der Waals surface area contributed by atoms with Gasteiger partial charge in [-0.1, -0.05) is 32.9 Å². The van der Waals surface area contributed by atoms with Crippen molar-refractivity contribution in [2.75, 3.05) is 11.9 Å². The summed E-state index contributed by atoms with van der Waals surface area (Å²) in [4.78, 5) is 4.34. The van der Waals surface area contributed by atoms with E-state index in [-0.39, 0.29) is 18.3 Å². The zero-order chi connectivity index (χ0) is 16.0. The van der Waals surface area contributed by atoms with Crippen molar-refractivity contribution in [3.05, 3.63) is 24.3 Å². The Morgan fingerprint density at radius 2 is 1.86 bits per heavy atom. The number of alkyl halides is 2. The molecule has 0 radical (unpaired) electrons. The lowest BCUT2D eigenvalue weighted by Gasteiger charge is -2.46. The van der Waals surface area contributed by atoms with E-state index < -0.39 is 11.3 Å². The lowest BCUT2D eigenvalue weighted by atomic mass is 9.63. The summed E-state index contributed by atoms with van der Waals surface area (Å²) in [7, 11) is 0. The molecule has 1 saturated carbocycles. The van der Waals surface area contributed by atoms with Crippen LogP contribution >= 0.6 is 0 Å². The molecule has 1 heterocycles. The van der Waals surface area contributed by atoms with Crippen LogP contribution in [0.3, 0.4) is 0 Å². The van der Waals surface area contributed by atoms with Gasteiger partial charge in [0.25, 0.3) is 6.01 Å². The first-order chi connectivity index (χ1) is 10.2. The van der Waals surface area contributed by atoms with Crippen LogP contribution < -0.4 is 5.32 Å². The number of oxazole rings is 1. The number of aromatic nitrogens is 1. The summed E-state index contributed by atoms with van der Waals surface area (Å²) in [6, 6.07) is 7.87. The summed E-state index contributed by atoms with van der Waals surface area (Å²) < 4.78 is 33.6. The van der Waals surface area contributed by atoms with Crippen molar-refractivity contribution in [1.29, 1.82) is 0 Å². The van der Waals surface area contributed by atoms with Crippen LogP contribution in [0.4, 0.5) is 14.8 Å². The van der Waals surface area contributed by atoms with Gasteiger partial charge in [-0.2, -0.15) is 4.98 Å². The van der Waals surface area contributed by atoms with Gasteiger partial charge in [-0.3, -0.25) is 0 Å². The van der Waals surface area contributed by atoms with Crippen LogP contribution in [0, 0.1) is 10.8 Å². The zero-order valence-electron chi connectivity index (χ0n) is 13.2. The fraction of sp³-hybridized carbons (Fsp3) is 0.588. The molecule has 0 spiro atoms. The van der Waals surface area contributed by atoms with Gasteiger partial charge < -0.3 is 9.73 Å². The second-order valence-corrected chi connectivity index (χ2v) is 7.70. The van der Waals surface area contributed by atoms with Gasteiger partial charge in [0.1, 0.15) is 5.52 Å². The summed E-state index contributed by atoms with van der Waals surface area (Å²) in [5, 5.41) is 3.11. The molecule has 120 valence electrons. The minimum absolute atomic E-state index is 0.0432. The van der Waals surface area contributed by atoms with E-state index in [1.165, 1.54) is 0 Å². The molecule has 1 aliphatic rings. The molecule has 1 aliphatic carbocycles. The molecule has 22 heavy (non-hydrogen) atoms. The topological polar surface area (TPSA) is 38.1 Å². The Morgan fingerprint density at radius 1 is 1.14 bits per heavy atom. The maximum Gasteiger partial charge on any atom is 0.295 e. The third-order valence-electron chi connectivity index (χ3n) is 4.29. The standard InChI is InChI=1S/C17H22F2N2O/c1-15(2)8-16(3,10-17(18,19)9-15)11-20-14-21-12-6-4-5-7-13(12)22-14/h4-7H,8-11H2,1-3H3,(H,20,21)/t16-/m0/s1. The van der Waals surface area contributed by atoms with Crippen molar-refractivity contribution in [1.82, 2.24) is 4.98 Å². The number of halogens is 2.